The monoisotopic (exact) mass is 248 g/mol. The number of piperazine rings is 1. The van der Waals surface area contributed by atoms with Gasteiger partial charge in [-0.2, -0.15) is 0 Å². The van der Waals surface area contributed by atoms with Crippen molar-refractivity contribution in [3.05, 3.63) is 23.8 Å². The van der Waals surface area contributed by atoms with Crippen molar-refractivity contribution in [1.29, 1.82) is 0 Å². The molecule has 0 amide bonds. The van der Waals surface area contributed by atoms with Crippen molar-refractivity contribution in [3.63, 3.8) is 0 Å². The van der Waals surface area contributed by atoms with Gasteiger partial charge in [-0.15, -0.1) is 0 Å². The summed E-state index contributed by atoms with van der Waals surface area (Å²) in [7, 11) is 1.73. The van der Waals surface area contributed by atoms with Gasteiger partial charge in [-0.1, -0.05) is 6.07 Å². The predicted octanol–water partition coefficient (Wildman–Crippen LogP) is 1.08. The average Bonchev–Trinajstić information content (AvgIpc) is 2.83. The molecule has 0 radical (unpaired) electrons. The molecule has 3 rings (SSSR count). The van der Waals surface area contributed by atoms with Gasteiger partial charge in [-0.25, -0.2) is 0 Å². The molecule has 0 bridgehead atoms. The number of ether oxygens (including phenoxy) is 2. The molecule has 1 aromatic carbocycles. The lowest BCUT2D eigenvalue weighted by Crippen LogP contribution is -2.45. The highest BCUT2D eigenvalue weighted by molar-refractivity contribution is 5.49. The lowest BCUT2D eigenvalue weighted by Gasteiger charge is -2.29. The van der Waals surface area contributed by atoms with E-state index in [9.17, 15) is 0 Å². The van der Waals surface area contributed by atoms with Crippen molar-refractivity contribution in [2.45, 2.75) is 5.92 Å². The second-order valence-corrected chi connectivity index (χ2v) is 4.93. The molecule has 2 heterocycles. The summed E-state index contributed by atoms with van der Waals surface area (Å²) in [5, 5.41) is 3.38. The van der Waals surface area contributed by atoms with Crippen molar-refractivity contribution < 1.29 is 9.47 Å². The van der Waals surface area contributed by atoms with E-state index in [2.05, 4.69) is 10.2 Å². The number of nitrogens with zero attached hydrogens (tertiary/aromatic N) is 1. The Hall–Kier alpha value is -1.26. The molecular formula is C14H20N2O2. The number of hydrogen-bond acceptors (Lipinski definition) is 4. The molecule has 2 aliphatic rings. The topological polar surface area (TPSA) is 33.7 Å². The molecule has 0 aromatic heterocycles. The second-order valence-electron chi connectivity index (χ2n) is 4.93. The summed E-state index contributed by atoms with van der Waals surface area (Å²) in [4.78, 5) is 2.51. The summed E-state index contributed by atoms with van der Waals surface area (Å²) in [5.74, 6) is 2.40. The van der Waals surface area contributed by atoms with Crippen molar-refractivity contribution in [1.82, 2.24) is 10.2 Å². The van der Waals surface area contributed by atoms with Gasteiger partial charge in [0.1, 0.15) is 11.5 Å². The molecule has 98 valence electrons. The van der Waals surface area contributed by atoms with Crippen LogP contribution in [0, 0.1) is 0 Å². The van der Waals surface area contributed by atoms with Gasteiger partial charge in [0.2, 0.25) is 0 Å². The molecule has 1 saturated heterocycles. The zero-order chi connectivity index (χ0) is 12.4. The highest BCUT2D eigenvalue weighted by Gasteiger charge is 2.29. The molecule has 4 nitrogen and oxygen atoms in total. The molecule has 1 atom stereocenters. The van der Waals surface area contributed by atoms with Gasteiger partial charge >= 0.3 is 0 Å². The van der Waals surface area contributed by atoms with Crippen LogP contribution in [0.5, 0.6) is 11.5 Å². The van der Waals surface area contributed by atoms with Crippen LogP contribution in [0.4, 0.5) is 0 Å². The van der Waals surface area contributed by atoms with Gasteiger partial charge in [0.15, 0.2) is 0 Å². The Morgan fingerprint density at radius 2 is 2.22 bits per heavy atom. The first kappa shape index (κ1) is 11.8. The average molecular weight is 248 g/mol. The number of benzene rings is 1. The third-order valence-corrected chi connectivity index (χ3v) is 3.78. The van der Waals surface area contributed by atoms with Gasteiger partial charge in [-0.3, -0.25) is 0 Å². The Kier molecular flexibility index (Phi) is 3.39. The number of nitrogens with one attached hydrogen (secondary N) is 1. The second kappa shape index (κ2) is 5.16. The molecule has 18 heavy (non-hydrogen) atoms. The standard InChI is InChI=1S/C14H20N2O2/c1-17-12-3-2-4-13-14(12)11(10-18-13)9-16-7-5-15-6-8-16/h2-4,11,15H,5-10H2,1H3. The van der Waals surface area contributed by atoms with E-state index in [1.54, 1.807) is 7.11 Å². The summed E-state index contributed by atoms with van der Waals surface area (Å²) < 4.78 is 11.2. The summed E-state index contributed by atoms with van der Waals surface area (Å²) in [6, 6.07) is 6.05. The maximum Gasteiger partial charge on any atom is 0.126 e. The SMILES string of the molecule is COc1cccc2c1C(CN1CCNCC1)CO2. The van der Waals surface area contributed by atoms with Crippen LogP contribution in [-0.4, -0.2) is 51.3 Å². The maximum absolute atomic E-state index is 5.77. The predicted molar refractivity (Wildman–Crippen MR) is 70.5 cm³/mol. The molecule has 1 fully saturated rings. The molecule has 2 aliphatic heterocycles. The van der Waals surface area contributed by atoms with E-state index in [1.165, 1.54) is 5.56 Å². The summed E-state index contributed by atoms with van der Waals surface area (Å²) in [6.07, 6.45) is 0. The van der Waals surface area contributed by atoms with Crippen molar-refractivity contribution >= 4 is 0 Å². The Morgan fingerprint density at radius 3 is 3.00 bits per heavy atom. The molecule has 0 spiro atoms. The lowest BCUT2D eigenvalue weighted by atomic mass is 9.99. The summed E-state index contributed by atoms with van der Waals surface area (Å²) in [5.41, 5.74) is 1.25. The van der Waals surface area contributed by atoms with Crippen LogP contribution in [0.25, 0.3) is 0 Å². The minimum atomic E-state index is 0.439. The zero-order valence-corrected chi connectivity index (χ0v) is 10.8. The smallest absolute Gasteiger partial charge is 0.126 e. The van der Waals surface area contributed by atoms with Crippen LogP contribution < -0.4 is 14.8 Å². The molecule has 1 unspecified atom stereocenters. The van der Waals surface area contributed by atoms with Crippen LogP contribution >= 0.6 is 0 Å². The van der Waals surface area contributed by atoms with Crippen LogP contribution in [0.2, 0.25) is 0 Å². The van der Waals surface area contributed by atoms with Crippen molar-refractivity contribution in [3.8, 4) is 11.5 Å². The van der Waals surface area contributed by atoms with E-state index in [0.29, 0.717) is 5.92 Å². The van der Waals surface area contributed by atoms with Gasteiger partial charge in [0, 0.05) is 44.2 Å². The lowest BCUT2D eigenvalue weighted by molar-refractivity contribution is 0.210. The largest absolute Gasteiger partial charge is 0.496 e. The first-order chi connectivity index (χ1) is 8.88. The minimum Gasteiger partial charge on any atom is -0.496 e. The third-order valence-electron chi connectivity index (χ3n) is 3.78. The highest BCUT2D eigenvalue weighted by atomic mass is 16.5. The van der Waals surface area contributed by atoms with Gasteiger partial charge < -0.3 is 19.7 Å². The molecule has 0 aliphatic carbocycles. The molecule has 1 aromatic rings. The van der Waals surface area contributed by atoms with Gasteiger partial charge in [0.05, 0.1) is 13.7 Å². The Morgan fingerprint density at radius 1 is 1.39 bits per heavy atom. The fraction of sp³-hybridized carbons (Fsp3) is 0.571. The first-order valence-corrected chi connectivity index (χ1v) is 6.61. The van der Waals surface area contributed by atoms with Crippen LogP contribution in [-0.2, 0) is 0 Å². The Balaban J connectivity index is 1.76. The van der Waals surface area contributed by atoms with E-state index in [-0.39, 0.29) is 0 Å². The van der Waals surface area contributed by atoms with Crippen LogP contribution in [0.15, 0.2) is 18.2 Å². The van der Waals surface area contributed by atoms with E-state index >= 15 is 0 Å². The van der Waals surface area contributed by atoms with Crippen molar-refractivity contribution in [2.75, 3.05) is 46.4 Å². The van der Waals surface area contributed by atoms with Crippen molar-refractivity contribution in [2.24, 2.45) is 0 Å². The van der Waals surface area contributed by atoms with Gasteiger partial charge in [0.25, 0.3) is 0 Å². The van der Waals surface area contributed by atoms with Gasteiger partial charge in [-0.05, 0) is 12.1 Å². The summed E-state index contributed by atoms with van der Waals surface area (Å²) in [6.45, 7) is 6.27. The Bertz CT molecular complexity index is 416. The highest BCUT2D eigenvalue weighted by Crippen LogP contribution is 2.40. The fourth-order valence-corrected chi connectivity index (χ4v) is 2.85. The number of hydrogen-bond donors (Lipinski definition) is 1. The molecular weight excluding hydrogens is 228 g/mol. The minimum absolute atomic E-state index is 0.439. The van der Waals surface area contributed by atoms with E-state index in [4.69, 9.17) is 9.47 Å². The summed E-state index contributed by atoms with van der Waals surface area (Å²) >= 11 is 0. The number of fused-ring (bicyclic) bond motifs is 1. The zero-order valence-electron chi connectivity index (χ0n) is 10.8. The van der Waals surface area contributed by atoms with E-state index in [1.807, 2.05) is 18.2 Å². The fourth-order valence-electron chi connectivity index (χ4n) is 2.85. The number of rotatable bonds is 3. The molecule has 0 saturated carbocycles. The Labute approximate surface area is 108 Å². The van der Waals surface area contributed by atoms with E-state index in [0.717, 1.165) is 50.8 Å². The van der Waals surface area contributed by atoms with Crippen LogP contribution in [0.1, 0.15) is 11.5 Å². The molecule has 1 N–H and O–H groups in total. The van der Waals surface area contributed by atoms with E-state index < -0.39 is 0 Å². The van der Waals surface area contributed by atoms with Crippen LogP contribution in [0.3, 0.4) is 0 Å². The molecule has 4 heteroatoms. The maximum atomic E-state index is 5.77. The quantitative estimate of drug-likeness (QED) is 0.868. The first-order valence-electron chi connectivity index (χ1n) is 6.61. The normalized spacial score (nSPS) is 23.5. The number of methoxy groups -OCH3 is 1. The third kappa shape index (κ3) is 2.18.